The van der Waals surface area contributed by atoms with E-state index in [2.05, 4.69) is 37.5 Å². The summed E-state index contributed by atoms with van der Waals surface area (Å²) in [6, 6.07) is 0. The van der Waals surface area contributed by atoms with Gasteiger partial charge in [0, 0.05) is 0 Å². The summed E-state index contributed by atoms with van der Waals surface area (Å²) in [7, 11) is 0. The van der Waals surface area contributed by atoms with Crippen LogP contribution in [0.1, 0.15) is 156 Å². The van der Waals surface area contributed by atoms with Crippen LogP contribution in [-0.2, 0) is 0 Å². The molecule has 0 N–H and O–H groups in total. The standard InChI is InChI=1S/C10H20.C9H19N.C7H14.C6H13N/c2*1-2-10-8-6-4-3-5-7-9-10;2*1-2-7-5-3-4-6-7/h10H,2-9H2,1H3;2-9H2,1H3;7H,2-6H2,1H3;2-6H2,1H3. The van der Waals surface area contributed by atoms with Crippen molar-refractivity contribution in [1.82, 2.24) is 9.80 Å². The second-order valence-electron chi connectivity index (χ2n) is 11.5. The van der Waals surface area contributed by atoms with Crippen LogP contribution in [0.5, 0.6) is 0 Å². The van der Waals surface area contributed by atoms with Gasteiger partial charge in [-0.2, -0.15) is 0 Å². The van der Waals surface area contributed by atoms with E-state index < -0.39 is 0 Å². The molecule has 0 unspecified atom stereocenters. The lowest BCUT2D eigenvalue weighted by Crippen LogP contribution is -2.26. The number of likely N-dealkylation sites (tertiary alicyclic amines) is 2. The summed E-state index contributed by atoms with van der Waals surface area (Å²) in [5, 5.41) is 0. The molecular formula is C32H66N2. The molecule has 0 amide bonds. The van der Waals surface area contributed by atoms with Gasteiger partial charge in [-0.1, -0.05) is 130 Å². The highest BCUT2D eigenvalue weighted by atomic mass is 15.1. The van der Waals surface area contributed by atoms with Crippen molar-refractivity contribution in [2.75, 3.05) is 39.3 Å². The SMILES string of the molecule is CCC1CCCC1.CCC1CCCCCCC1.CCN1CCCC1.CCN1CCCCCCC1. The Morgan fingerprint density at radius 1 is 0.382 bits per heavy atom. The molecule has 2 aliphatic carbocycles. The minimum atomic E-state index is 1.07. The minimum Gasteiger partial charge on any atom is -0.304 e. The van der Waals surface area contributed by atoms with Crippen LogP contribution in [0, 0.1) is 11.8 Å². The van der Waals surface area contributed by atoms with E-state index in [9.17, 15) is 0 Å². The molecule has 0 atom stereocenters. The fraction of sp³-hybridized carbons (Fsp3) is 1.00. The van der Waals surface area contributed by atoms with Gasteiger partial charge in [-0.15, -0.1) is 0 Å². The average Bonchev–Trinajstić information content (AvgIpc) is 3.54. The van der Waals surface area contributed by atoms with Crippen LogP contribution in [0.4, 0.5) is 0 Å². The van der Waals surface area contributed by atoms with E-state index in [0.717, 1.165) is 11.8 Å². The van der Waals surface area contributed by atoms with Crippen molar-refractivity contribution in [3.8, 4) is 0 Å². The van der Waals surface area contributed by atoms with Crippen molar-refractivity contribution in [2.45, 2.75) is 156 Å². The first-order valence-electron chi connectivity index (χ1n) is 16.2. The van der Waals surface area contributed by atoms with E-state index in [0.29, 0.717) is 0 Å². The van der Waals surface area contributed by atoms with Crippen molar-refractivity contribution in [3.63, 3.8) is 0 Å². The van der Waals surface area contributed by atoms with Crippen LogP contribution in [0.3, 0.4) is 0 Å². The van der Waals surface area contributed by atoms with Crippen LogP contribution in [0.2, 0.25) is 0 Å². The molecule has 4 aliphatic rings. The first-order chi connectivity index (χ1) is 16.7. The van der Waals surface area contributed by atoms with Gasteiger partial charge in [-0.25, -0.2) is 0 Å². The van der Waals surface area contributed by atoms with Crippen LogP contribution in [0.15, 0.2) is 0 Å². The van der Waals surface area contributed by atoms with Crippen LogP contribution in [-0.4, -0.2) is 49.1 Å². The molecule has 0 spiro atoms. The number of rotatable bonds is 4. The van der Waals surface area contributed by atoms with Gasteiger partial charge < -0.3 is 9.80 Å². The summed E-state index contributed by atoms with van der Waals surface area (Å²) in [4.78, 5) is 5.05. The lowest BCUT2D eigenvalue weighted by molar-refractivity contribution is 0.259. The molecule has 0 aromatic heterocycles. The van der Waals surface area contributed by atoms with E-state index >= 15 is 0 Å². The van der Waals surface area contributed by atoms with Gasteiger partial charge in [-0.3, -0.25) is 0 Å². The maximum atomic E-state index is 2.57. The molecule has 2 heteroatoms. The van der Waals surface area contributed by atoms with Crippen LogP contribution >= 0.6 is 0 Å². The third-order valence-electron chi connectivity index (χ3n) is 8.90. The van der Waals surface area contributed by atoms with Gasteiger partial charge in [0.15, 0.2) is 0 Å². The number of hydrogen-bond acceptors (Lipinski definition) is 2. The Hall–Kier alpha value is -0.0800. The Kier molecular flexibility index (Phi) is 21.9. The fourth-order valence-corrected chi connectivity index (χ4v) is 6.10. The summed E-state index contributed by atoms with van der Waals surface area (Å²) in [5.74, 6) is 2.17. The number of hydrogen-bond donors (Lipinski definition) is 0. The molecule has 2 saturated carbocycles. The van der Waals surface area contributed by atoms with Crippen molar-refractivity contribution >= 4 is 0 Å². The second kappa shape index (κ2) is 23.3. The molecule has 0 aromatic rings. The van der Waals surface area contributed by atoms with E-state index in [4.69, 9.17) is 0 Å². The minimum absolute atomic E-state index is 1.07. The Bertz CT molecular complexity index is 344. The topological polar surface area (TPSA) is 6.48 Å². The summed E-state index contributed by atoms with van der Waals surface area (Å²) in [6.07, 6.45) is 29.4. The number of nitrogens with zero attached hydrogens (tertiary/aromatic N) is 2. The molecule has 4 fully saturated rings. The lowest BCUT2D eigenvalue weighted by Gasteiger charge is -2.22. The normalized spacial score (nSPS) is 23.6. The van der Waals surface area contributed by atoms with Crippen LogP contribution in [0.25, 0.3) is 0 Å². The highest BCUT2D eigenvalue weighted by molar-refractivity contribution is 4.65. The Morgan fingerprint density at radius 3 is 0.971 bits per heavy atom. The Morgan fingerprint density at radius 2 is 0.647 bits per heavy atom. The predicted molar refractivity (Wildman–Crippen MR) is 155 cm³/mol. The summed E-state index contributed by atoms with van der Waals surface area (Å²) in [6.45, 7) is 17.0. The quantitative estimate of drug-likeness (QED) is 0.396. The van der Waals surface area contributed by atoms with Gasteiger partial charge in [0.25, 0.3) is 0 Å². The molecule has 204 valence electrons. The highest BCUT2D eigenvalue weighted by Crippen LogP contribution is 2.26. The Labute approximate surface area is 217 Å². The third-order valence-corrected chi connectivity index (χ3v) is 8.90. The first-order valence-corrected chi connectivity index (χ1v) is 16.2. The second-order valence-corrected chi connectivity index (χ2v) is 11.5. The van der Waals surface area contributed by atoms with Gasteiger partial charge in [0.1, 0.15) is 0 Å². The van der Waals surface area contributed by atoms with Crippen molar-refractivity contribution in [1.29, 1.82) is 0 Å². The van der Waals surface area contributed by atoms with E-state index in [1.165, 1.54) is 168 Å². The fourth-order valence-electron chi connectivity index (χ4n) is 6.10. The summed E-state index contributed by atoms with van der Waals surface area (Å²) in [5.41, 5.74) is 0. The molecule has 2 aliphatic heterocycles. The Balaban J connectivity index is 0.000000230. The highest BCUT2D eigenvalue weighted by Gasteiger charge is 2.11. The zero-order valence-electron chi connectivity index (χ0n) is 24.4. The predicted octanol–water partition coefficient (Wildman–Crippen LogP) is 9.72. The molecule has 4 rings (SSSR count). The molecular weight excluding hydrogens is 412 g/mol. The zero-order chi connectivity index (χ0) is 24.7. The molecule has 34 heavy (non-hydrogen) atoms. The van der Waals surface area contributed by atoms with E-state index in [-0.39, 0.29) is 0 Å². The largest absolute Gasteiger partial charge is 0.304 e. The van der Waals surface area contributed by atoms with E-state index in [1.807, 2.05) is 0 Å². The summed E-state index contributed by atoms with van der Waals surface area (Å²) < 4.78 is 0. The van der Waals surface area contributed by atoms with Gasteiger partial charge in [0.2, 0.25) is 0 Å². The average molecular weight is 479 g/mol. The lowest BCUT2D eigenvalue weighted by atomic mass is 9.90. The van der Waals surface area contributed by atoms with Gasteiger partial charge in [-0.05, 0) is 76.8 Å². The molecule has 2 heterocycles. The maximum absolute atomic E-state index is 2.57. The molecule has 0 radical (unpaired) electrons. The van der Waals surface area contributed by atoms with E-state index in [1.54, 1.807) is 0 Å². The van der Waals surface area contributed by atoms with Crippen molar-refractivity contribution in [3.05, 3.63) is 0 Å². The molecule has 0 bridgehead atoms. The summed E-state index contributed by atoms with van der Waals surface area (Å²) >= 11 is 0. The smallest absolute Gasteiger partial charge is 0.00184 e. The van der Waals surface area contributed by atoms with Gasteiger partial charge >= 0.3 is 0 Å². The molecule has 0 aromatic carbocycles. The molecule has 2 saturated heterocycles. The third kappa shape index (κ3) is 17.4. The first kappa shape index (κ1) is 31.9. The van der Waals surface area contributed by atoms with Crippen molar-refractivity contribution in [2.24, 2.45) is 11.8 Å². The maximum Gasteiger partial charge on any atom is -0.00184 e. The zero-order valence-corrected chi connectivity index (χ0v) is 24.4. The molecule has 2 nitrogen and oxygen atoms in total. The van der Waals surface area contributed by atoms with Crippen molar-refractivity contribution < 1.29 is 0 Å². The van der Waals surface area contributed by atoms with Gasteiger partial charge in [0.05, 0.1) is 0 Å². The monoisotopic (exact) mass is 479 g/mol. The van der Waals surface area contributed by atoms with Crippen LogP contribution < -0.4 is 0 Å².